The summed E-state index contributed by atoms with van der Waals surface area (Å²) in [5, 5.41) is 4.30. The Morgan fingerprint density at radius 1 is 1.03 bits per heavy atom. The lowest BCUT2D eigenvalue weighted by atomic mass is 10.2. The highest BCUT2D eigenvalue weighted by Crippen LogP contribution is 2.27. The van der Waals surface area contributed by atoms with Crippen LogP contribution in [0.2, 0.25) is 0 Å². The molecular formula is C27H34N8OS. The molecule has 5 rings (SSSR count). The summed E-state index contributed by atoms with van der Waals surface area (Å²) in [6.45, 7) is 6.38. The molecule has 1 aliphatic heterocycles. The molecule has 37 heavy (non-hydrogen) atoms. The molecule has 0 saturated carbocycles. The van der Waals surface area contributed by atoms with Crippen LogP contribution in [-0.2, 0) is 16.1 Å². The van der Waals surface area contributed by atoms with Gasteiger partial charge in [-0.3, -0.25) is 4.57 Å². The summed E-state index contributed by atoms with van der Waals surface area (Å²) < 4.78 is 18.6. The van der Waals surface area contributed by atoms with Crippen molar-refractivity contribution in [2.45, 2.75) is 19.8 Å². The standard InChI is InChI=1S/C27H34N8OS/c1-5-7-23-18-20-19-28-27(29-21-10-12-22(13-11-21)34-16-14-33(2)15-17-34)31-26(20)35(23)25-9-6-8-24(30-25)32-37(3,4)36/h6,8-13,18-19H,5,7,14-17H2,1-4H3,(H,28,29,31). The van der Waals surface area contributed by atoms with Crippen molar-refractivity contribution < 1.29 is 4.21 Å². The second-order valence-corrected chi connectivity index (χ2v) is 12.3. The molecule has 3 aromatic heterocycles. The number of anilines is 3. The van der Waals surface area contributed by atoms with Crippen molar-refractivity contribution >= 4 is 43.9 Å². The van der Waals surface area contributed by atoms with Gasteiger partial charge in [0.2, 0.25) is 5.95 Å². The molecule has 4 heterocycles. The van der Waals surface area contributed by atoms with Crippen LogP contribution in [0.5, 0.6) is 0 Å². The molecule has 0 bridgehead atoms. The van der Waals surface area contributed by atoms with Gasteiger partial charge in [0.25, 0.3) is 0 Å². The lowest BCUT2D eigenvalue weighted by molar-refractivity contribution is 0.313. The number of piperazine rings is 1. The van der Waals surface area contributed by atoms with Gasteiger partial charge in [0.1, 0.15) is 5.82 Å². The summed E-state index contributed by atoms with van der Waals surface area (Å²) in [6.07, 6.45) is 6.91. The lowest BCUT2D eigenvalue weighted by Crippen LogP contribution is -2.44. The molecule has 1 N–H and O–H groups in total. The molecule has 0 unspecified atom stereocenters. The van der Waals surface area contributed by atoms with E-state index in [0.29, 0.717) is 17.6 Å². The first kappa shape index (κ1) is 25.2. The van der Waals surface area contributed by atoms with Crippen LogP contribution in [0, 0.1) is 0 Å². The highest BCUT2D eigenvalue weighted by molar-refractivity contribution is 7.92. The van der Waals surface area contributed by atoms with Crippen molar-refractivity contribution in [3.63, 3.8) is 0 Å². The molecule has 0 radical (unpaired) electrons. The number of fused-ring (bicyclic) bond motifs is 1. The lowest BCUT2D eigenvalue weighted by Gasteiger charge is -2.34. The summed E-state index contributed by atoms with van der Waals surface area (Å²) in [5.41, 5.74) is 4.03. The van der Waals surface area contributed by atoms with E-state index in [1.165, 1.54) is 5.69 Å². The molecule has 0 atom stereocenters. The molecule has 1 saturated heterocycles. The predicted molar refractivity (Wildman–Crippen MR) is 152 cm³/mol. The quantitative estimate of drug-likeness (QED) is 0.382. The number of aryl methyl sites for hydroxylation is 1. The van der Waals surface area contributed by atoms with Gasteiger partial charge in [-0.05, 0) is 55.9 Å². The van der Waals surface area contributed by atoms with Crippen molar-refractivity contribution in [2.24, 2.45) is 4.36 Å². The SMILES string of the molecule is CCCc1cc2cnc(Nc3ccc(N4CCN(C)CC4)cc3)nc2n1-c1cccc(N=S(C)(C)=O)n1. The van der Waals surface area contributed by atoms with Gasteiger partial charge in [-0.15, -0.1) is 0 Å². The second kappa shape index (κ2) is 10.5. The number of hydrogen-bond acceptors (Lipinski definition) is 8. The summed E-state index contributed by atoms with van der Waals surface area (Å²) in [5.74, 6) is 1.67. The van der Waals surface area contributed by atoms with Crippen LogP contribution >= 0.6 is 0 Å². The van der Waals surface area contributed by atoms with E-state index in [1.54, 1.807) is 18.6 Å². The second-order valence-electron chi connectivity index (χ2n) is 9.78. The van der Waals surface area contributed by atoms with Crippen LogP contribution in [0.25, 0.3) is 16.9 Å². The van der Waals surface area contributed by atoms with Gasteiger partial charge in [0.15, 0.2) is 11.5 Å². The minimum atomic E-state index is -2.32. The van der Waals surface area contributed by atoms with Gasteiger partial charge in [0.05, 0.1) is 0 Å². The molecule has 4 aromatic rings. The van der Waals surface area contributed by atoms with Crippen molar-refractivity contribution in [3.8, 4) is 5.82 Å². The Morgan fingerprint density at radius 2 is 1.78 bits per heavy atom. The van der Waals surface area contributed by atoms with Crippen LogP contribution in [0.1, 0.15) is 19.0 Å². The van der Waals surface area contributed by atoms with Gasteiger partial charge in [-0.2, -0.15) is 9.35 Å². The molecule has 194 valence electrons. The Kier molecular flexibility index (Phi) is 7.12. The molecular weight excluding hydrogens is 484 g/mol. The first-order chi connectivity index (χ1) is 17.8. The number of nitrogens with one attached hydrogen (secondary N) is 1. The fourth-order valence-corrected chi connectivity index (χ4v) is 5.11. The summed E-state index contributed by atoms with van der Waals surface area (Å²) in [6, 6.07) is 16.1. The van der Waals surface area contributed by atoms with Crippen LogP contribution in [0.4, 0.5) is 23.1 Å². The smallest absolute Gasteiger partial charge is 0.229 e. The number of benzene rings is 1. The minimum Gasteiger partial charge on any atom is -0.369 e. The number of likely N-dealkylation sites (N-methyl/N-ethyl adjacent to an activating group) is 1. The third kappa shape index (κ3) is 5.91. The normalized spacial score (nSPS) is 14.8. The number of hydrogen-bond donors (Lipinski definition) is 1. The zero-order valence-corrected chi connectivity index (χ0v) is 22.7. The molecule has 0 spiro atoms. The number of rotatable bonds is 7. The fraction of sp³-hybridized carbons (Fsp3) is 0.370. The number of aromatic nitrogens is 4. The maximum atomic E-state index is 12.2. The van der Waals surface area contributed by atoms with E-state index >= 15 is 0 Å². The van der Waals surface area contributed by atoms with Crippen LogP contribution in [0.15, 0.2) is 59.1 Å². The topological polar surface area (TPSA) is 91.5 Å². The van der Waals surface area contributed by atoms with E-state index in [0.717, 1.165) is 61.4 Å². The van der Waals surface area contributed by atoms with E-state index in [1.807, 2.05) is 22.9 Å². The highest BCUT2D eigenvalue weighted by Gasteiger charge is 2.16. The van der Waals surface area contributed by atoms with E-state index in [9.17, 15) is 4.21 Å². The predicted octanol–water partition coefficient (Wildman–Crippen LogP) is 4.62. The fourth-order valence-electron chi connectivity index (χ4n) is 4.56. The maximum Gasteiger partial charge on any atom is 0.229 e. The third-order valence-corrected chi connectivity index (χ3v) is 7.00. The molecule has 0 amide bonds. The first-order valence-electron chi connectivity index (χ1n) is 12.6. The average Bonchev–Trinajstić information content (AvgIpc) is 3.22. The summed E-state index contributed by atoms with van der Waals surface area (Å²) >= 11 is 0. The maximum absolute atomic E-state index is 12.2. The van der Waals surface area contributed by atoms with Crippen LogP contribution < -0.4 is 10.2 Å². The Hall–Kier alpha value is -3.50. The van der Waals surface area contributed by atoms with E-state index < -0.39 is 9.73 Å². The molecule has 9 nitrogen and oxygen atoms in total. The van der Waals surface area contributed by atoms with E-state index in [2.05, 4.69) is 68.8 Å². The van der Waals surface area contributed by atoms with Crippen molar-refractivity contribution in [1.82, 2.24) is 24.4 Å². The Morgan fingerprint density at radius 3 is 2.49 bits per heavy atom. The van der Waals surface area contributed by atoms with Crippen molar-refractivity contribution in [2.75, 3.05) is 56.0 Å². The number of pyridine rings is 1. The van der Waals surface area contributed by atoms with Crippen LogP contribution in [-0.4, -0.2) is 74.4 Å². The first-order valence-corrected chi connectivity index (χ1v) is 14.9. The number of nitrogens with zero attached hydrogens (tertiary/aromatic N) is 7. The van der Waals surface area contributed by atoms with Crippen molar-refractivity contribution in [1.29, 1.82) is 0 Å². The molecule has 1 fully saturated rings. The monoisotopic (exact) mass is 518 g/mol. The Labute approximate surface area is 218 Å². The Balaban J connectivity index is 1.46. The Bertz CT molecular complexity index is 1510. The zero-order chi connectivity index (χ0) is 26.0. The van der Waals surface area contributed by atoms with Gasteiger partial charge < -0.3 is 15.1 Å². The van der Waals surface area contributed by atoms with Gasteiger partial charge in [-0.25, -0.2) is 14.2 Å². The molecule has 0 aliphatic carbocycles. The highest BCUT2D eigenvalue weighted by atomic mass is 32.2. The molecule has 1 aliphatic rings. The van der Waals surface area contributed by atoms with Crippen LogP contribution in [0.3, 0.4) is 0 Å². The van der Waals surface area contributed by atoms with Gasteiger partial charge in [0, 0.05) is 77.1 Å². The molecule has 1 aromatic carbocycles. The van der Waals surface area contributed by atoms with Gasteiger partial charge in [-0.1, -0.05) is 19.4 Å². The average molecular weight is 519 g/mol. The summed E-state index contributed by atoms with van der Waals surface area (Å²) in [4.78, 5) is 18.9. The zero-order valence-electron chi connectivity index (χ0n) is 21.9. The largest absolute Gasteiger partial charge is 0.369 e. The summed E-state index contributed by atoms with van der Waals surface area (Å²) in [7, 11) is -0.152. The van der Waals surface area contributed by atoms with Crippen molar-refractivity contribution in [3.05, 3.63) is 60.4 Å². The van der Waals surface area contributed by atoms with Gasteiger partial charge >= 0.3 is 0 Å². The van der Waals surface area contributed by atoms with E-state index in [4.69, 9.17) is 9.97 Å². The molecule has 10 heteroatoms. The van der Waals surface area contributed by atoms with E-state index in [-0.39, 0.29) is 0 Å². The minimum absolute atomic E-state index is 0.449. The third-order valence-electron chi connectivity index (χ3n) is 6.38.